The summed E-state index contributed by atoms with van der Waals surface area (Å²) in [6.07, 6.45) is 0.160. The third kappa shape index (κ3) is 6.64. The molecule has 0 spiro atoms. The van der Waals surface area contributed by atoms with E-state index < -0.39 is 6.29 Å². The molecular weight excluding hydrogens is 484 g/mol. The second-order valence-corrected chi connectivity index (χ2v) is 10.4. The van der Waals surface area contributed by atoms with Gasteiger partial charge in [0, 0.05) is 31.1 Å². The fourth-order valence-corrected chi connectivity index (χ4v) is 5.21. The van der Waals surface area contributed by atoms with Gasteiger partial charge in [0.25, 0.3) is 0 Å². The Morgan fingerprint density at radius 1 is 0.821 bits per heavy atom. The summed E-state index contributed by atoms with van der Waals surface area (Å²) < 4.78 is 13.1. The van der Waals surface area contributed by atoms with Crippen LogP contribution in [0.3, 0.4) is 0 Å². The van der Waals surface area contributed by atoms with Gasteiger partial charge in [-0.25, -0.2) is 0 Å². The van der Waals surface area contributed by atoms with Crippen LogP contribution in [0.5, 0.6) is 0 Å². The van der Waals surface area contributed by atoms with Crippen LogP contribution in [-0.2, 0) is 22.6 Å². The average molecular weight is 523 g/mol. The van der Waals surface area contributed by atoms with Gasteiger partial charge in [-0.15, -0.1) is 0 Å². The lowest BCUT2D eigenvalue weighted by atomic mass is 9.98. The molecule has 4 atom stereocenters. The molecule has 4 unspecified atom stereocenters. The summed E-state index contributed by atoms with van der Waals surface area (Å²) in [5.74, 6) is 0. The molecule has 4 aromatic carbocycles. The van der Waals surface area contributed by atoms with Crippen LogP contribution in [-0.4, -0.2) is 29.7 Å². The van der Waals surface area contributed by atoms with Crippen molar-refractivity contribution in [2.24, 2.45) is 5.73 Å². The maximum atomic E-state index is 9.49. The van der Waals surface area contributed by atoms with Gasteiger partial charge in [0.1, 0.15) is 0 Å². The van der Waals surface area contributed by atoms with E-state index in [0.717, 1.165) is 46.3 Å². The molecule has 0 saturated carbocycles. The lowest BCUT2D eigenvalue weighted by Crippen LogP contribution is -2.38. The number of aliphatic hydroxyl groups excluding tert-OH is 1. The molecule has 0 radical (unpaired) electrons. The number of benzene rings is 4. The molecule has 0 bridgehead atoms. The molecule has 0 aromatic heterocycles. The summed E-state index contributed by atoms with van der Waals surface area (Å²) in [4.78, 5) is 2.35. The van der Waals surface area contributed by atoms with E-state index in [1.54, 1.807) is 0 Å². The van der Waals surface area contributed by atoms with E-state index in [1.807, 2.05) is 24.3 Å². The van der Waals surface area contributed by atoms with Gasteiger partial charge >= 0.3 is 0 Å². The van der Waals surface area contributed by atoms with Gasteiger partial charge in [-0.3, -0.25) is 4.90 Å². The van der Waals surface area contributed by atoms with Gasteiger partial charge in [0.15, 0.2) is 6.29 Å². The van der Waals surface area contributed by atoms with Gasteiger partial charge in [0.05, 0.1) is 18.8 Å². The smallest absolute Gasteiger partial charge is 0.184 e. The minimum atomic E-state index is -0.476. The molecular formula is C34H38N2O3. The zero-order valence-corrected chi connectivity index (χ0v) is 22.7. The normalized spacial score (nSPS) is 20.2. The van der Waals surface area contributed by atoms with Crippen molar-refractivity contribution in [1.29, 1.82) is 0 Å². The molecule has 1 saturated heterocycles. The van der Waals surface area contributed by atoms with Crippen molar-refractivity contribution in [3.63, 3.8) is 0 Å². The standard InChI is InChI=1S/C34H38N2O3/c1-24(27-8-4-3-5-9-27)36(2)22-32-20-33(29-13-11-25(23-37)12-14-29)39-34(38-32)30-17-15-28(16-18-30)31-10-6-7-26(19-31)21-35/h3-19,24,32-34,37H,20-23,35H2,1-2H3. The van der Waals surface area contributed by atoms with Crippen molar-refractivity contribution in [2.45, 2.75) is 51.0 Å². The zero-order valence-electron chi connectivity index (χ0n) is 22.7. The topological polar surface area (TPSA) is 68.0 Å². The van der Waals surface area contributed by atoms with Crippen molar-refractivity contribution >= 4 is 0 Å². The van der Waals surface area contributed by atoms with E-state index in [-0.39, 0.29) is 24.9 Å². The van der Waals surface area contributed by atoms with Crippen molar-refractivity contribution in [3.05, 3.63) is 131 Å². The van der Waals surface area contributed by atoms with Crippen LogP contribution in [0.15, 0.2) is 103 Å². The summed E-state index contributed by atoms with van der Waals surface area (Å²) in [5, 5.41) is 9.49. The van der Waals surface area contributed by atoms with Gasteiger partial charge in [-0.2, -0.15) is 0 Å². The fourth-order valence-electron chi connectivity index (χ4n) is 5.21. The second-order valence-electron chi connectivity index (χ2n) is 10.4. The molecule has 1 heterocycles. The largest absolute Gasteiger partial charge is 0.392 e. The summed E-state index contributed by atoms with van der Waals surface area (Å²) in [6.45, 7) is 3.57. The highest BCUT2D eigenvalue weighted by molar-refractivity contribution is 5.64. The third-order valence-electron chi connectivity index (χ3n) is 7.73. The summed E-state index contributed by atoms with van der Waals surface area (Å²) in [5.41, 5.74) is 13.5. The minimum absolute atomic E-state index is 0.0108. The molecule has 1 aliphatic heterocycles. The number of aliphatic hydroxyl groups is 1. The Balaban J connectivity index is 1.37. The third-order valence-corrected chi connectivity index (χ3v) is 7.73. The van der Waals surface area contributed by atoms with Crippen LogP contribution in [0.2, 0.25) is 0 Å². The van der Waals surface area contributed by atoms with E-state index in [4.69, 9.17) is 15.2 Å². The monoisotopic (exact) mass is 522 g/mol. The molecule has 202 valence electrons. The lowest BCUT2D eigenvalue weighted by Gasteiger charge is -2.39. The Morgan fingerprint density at radius 2 is 1.54 bits per heavy atom. The van der Waals surface area contributed by atoms with Crippen molar-refractivity contribution < 1.29 is 14.6 Å². The SMILES string of the molecule is CC(c1ccccc1)N(C)CC1CC(c2ccc(CO)cc2)OC(c2ccc(-c3cccc(CN)c3)cc2)O1. The number of likely N-dealkylation sites (N-methyl/N-ethyl adjacent to an activating group) is 1. The predicted octanol–water partition coefficient (Wildman–Crippen LogP) is 6.54. The summed E-state index contributed by atoms with van der Waals surface area (Å²) >= 11 is 0. The number of hydrogen-bond donors (Lipinski definition) is 2. The molecule has 39 heavy (non-hydrogen) atoms. The first-order valence-corrected chi connectivity index (χ1v) is 13.7. The Labute approximate surface area is 231 Å². The van der Waals surface area contributed by atoms with Crippen LogP contribution in [0, 0.1) is 0 Å². The number of hydrogen-bond acceptors (Lipinski definition) is 5. The Bertz CT molecular complexity index is 1320. The molecule has 1 fully saturated rings. The van der Waals surface area contributed by atoms with Gasteiger partial charge in [-0.05, 0) is 53.4 Å². The van der Waals surface area contributed by atoms with Gasteiger partial charge in [-0.1, -0.05) is 97.1 Å². The van der Waals surface area contributed by atoms with E-state index in [2.05, 4.69) is 97.7 Å². The molecule has 1 aliphatic rings. The van der Waals surface area contributed by atoms with Crippen LogP contribution >= 0.6 is 0 Å². The van der Waals surface area contributed by atoms with Crippen molar-refractivity contribution in [2.75, 3.05) is 13.6 Å². The average Bonchev–Trinajstić information content (AvgIpc) is 3.01. The molecule has 3 N–H and O–H groups in total. The molecule has 0 aliphatic carbocycles. The first-order chi connectivity index (χ1) is 19.0. The van der Waals surface area contributed by atoms with E-state index >= 15 is 0 Å². The number of nitrogens with zero attached hydrogens (tertiary/aromatic N) is 1. The molecule has 5 rings (SSSR count). The highest BCUT2D eigenvalue weighted by Crippen LogP contribution is 2.39. The fraction of sp³-hybridized carbons (Fsp3) is 0.294. The first-order valence-electron chi connectivity index (χ1n) is 13.7. The van der Waals surface area contributed by atoms with E-state index in [1.165, 1.54) is 5.56 Å². The number of ether oxygens (including phenoxy) is 2. The van der Waals surface area contributed by atoms with E-state index in [0.29, 0.717) is 6.54 Å². The first kappa shape index (κ1) is 27.3. The number of rotatable bonds is 9. The van der Waals surface area contributed by atoms with Gasteiger partial charge in [0.2, 0.25) is 0 Å². The highest BCUT2D eigenvalue weighted by atomic mass is 16.7. The van der Waals surface area contributed by atoms with Crippen LogP contribution in [0.4, 0.5) is 0 Å². The quantitative estimate of drug-likeness (QED) is 0.261. The maximum Gasteiger partial charge on any atom is 0.184 e. The highest BCUT2D eigenvalue weighted by Gasteiger charge is 2.33. The minimum Gasteiger partial charge on any atom is -0.392 e. The van der Waals surface area contributed by atoms with Gasteiger partial charge < -0.3 is 20.3 Å². The Hall–Kier alpha value is -3.32. The Morgan fingerprint density at radius 3 is 2.23 bits per heavy atom. The van der Waals surface area contributed by atoms with Crippen LogP contribution in [0.1, 0.15) is 59.6 Å². The Kier molecular flexibility index (Phi) is 8.87. The van der Waals surface area contributed by atoms with Crippen LogP contribution in [0.25, 0.3) is 11.1 Å². The predicted molar refractivity (Wildman–Crippen MR) is 156 cm³/mol. The lowest BCUT2D eigenvalue weighted by molar-refractivity contribution is -0.253. The second kappa shape index (κ2) is 12.7. The molecule has 0 amide bonds. The maximum absolute atomic E-state index is 9.49. The van der Waals surface area contributed by atoms with Crippen LogP contribution < -0.4 is 5.73 Å². The number of nitrogens with two attached hydrogens (primary N) is 1. The molecule has 5 heteroatoms. The van der Waals surface area contributed by atoms with E-state index in [9.17, 15) is 5.11 Å². The summed E-state index contributed by atoms with van der Waals surface area (Å²) in [7, 11) is 2.15. The molecule has 4 aromatic rings. The van der Waals surface area contributed by atoms with Crippen molar-refractivity contribution in [3.8, 4) is 11.1 Å². The molecule has 5 nitrogen and oxygen atoms in total. The zero-order chi connectivity index (χ0) is 27.2. The summed E-state index contributed by atoms with van der Waals surface area (Å²) in [6, 6.07) is 35.6. The van der Waals surface area contributed by atoms with Crippen molar-refractivity contribution in [1.82, 2.24) is 4.90 Å².